The minimum absolute atomic E-state index is 0.0523. The summed E-state index contributed by atoms with van der Waals surface area (Å²) in [6.45, 7) is 0. The Hall–Kier alpha value is -1.33. The molecule has 0 aromatic heterocycles. The van der Waals surface area contributed by atoms with Crippen molar-refractivity contribution in [3.63, 3.8) is 0 Å². The van der Waals surface area contributed by atoms with Gasteiger partial charge in [-0.3, -0.25) is 0 Å². The van der Waals surface area contributed by atoms with Crippen molar-refractivity contribution in [3.05, 3.63) is 69.4 Å². The van der Waals surface area contributed by atoms with Gasteiger partial charge in [-0.2, -0.15) is 0 Å². The quantitative estimate of drug-likeness (QED) is 0.838. The average Bonchev–Trinajstić information content (AvgIpc) is 2.37. The predicted octanol–water partition coefficient (Wildman–Crippen LogP) is 4.14. The van der Waals surface area contributed by atoms with Crippen molar-refractivity contribution in [1.29, 1.82) is 0 Å². The molecule has 0 saturated carbocycles. The maximum absolute atomic E-state index is 13.8. The first-order chi connectivity index (χ1) is 9.00. The molecule has 5 heteroatoms. The van der Waals surface area contributed by atoms with Crippen LogP contribution in [0.25, 0.3) is 0 Å². The first kappa shape index (κ1) is 14.1. The third-order valence-corrected chi connectivity index (χ3v) is 3.40. The first-order valence-electron chi connectivity index (χ1n) is 5.55. The Morgan fingerprint density at radius 2 is 1.68 bits per heavy atom. The van der Waals surface area contributed by atoms with E-state index in [9.17, 15) is 18.3 Å². The molecule has 19 heavy (non-hydrogen) atoms. The Bertz CT molecular complexity index is 601. The third kappa shape index (κ3) is 2.98. The zero-order chi connectivity index (χ0) is 14.0. The molecule has 0 radical (unpaired) electrons. The number of aliphatic hydroxyl groups is 1. The average molecular weight is 331 g/mol. The maximum Gasteiger partial charge on any atom is 0.146 e. The highest BCUT2D eigenvalue weighted by atomic mass is 79.9. The van der Waals surface area contributed by atoms with Crippen molar-refractivity contribution in [2.24, 2.45) is 0 Å². The molecule has 0 spiro atoms. The van der Waals surface area contributed by atoms with Gasteiger partial charge >= 0.3 is 0 Å². The SMILES string of the molecule is OC(Cc1ccccc1F)c1c(F)ccc(Br)c1F. The first-order valence-corrected chi connectivity index (χ1v) is 6.35. The number of aliphatic hydroxyl groups excluding tert-OH is 1. The van der Waals surface area contributed by atoms with Crippen molar-refractivity contribution in [1.82, 2.24) is 0 Å². The van der Waals surface area contributed by atoms with Gasteiger partial charge in [-0.05, 0) is 39.7 Å². The highest BCUT2D eigenvalue weighted by Crippen LogP contribution is 2.29. The van der Waals surface area contributed by atoms with E-state index in [4.69, 9.17) is 0 Å². The second-order valence-electron chi connectivity index (χ2n) is 4.07. The van der Waals surface area contributed by atoms with E-state index in [0.717, 1.165) is 6.07 Å². The van der Waals surface area contributed by atoms with E-state index in [1.807, 2.05) is 0 Å². The molecular formula is C14H10BrF3O. The summed E-state index contributed by atoms with van der Waals surface area (Å²) in [5, 5.41) is 9.92. The smallest absolute Gasteiger partial charge is 0.146 e. The Labute approximate surface area is 116 Å². The molecule has 1 atom stereocenters. The van der Waals surface area contributed by atoms with Crippen molar-refractivity contribution >= 4 is 15.9 Å². The normalized spacial score (nSPS) is 12.5. The largest absolute Gasteiger partial charge is 0.388 e. The topological polar surface area (TPSA) is 20.2 Å². The van der Waals surface area contributed by atoms with Crippen molar-refractivity contribution in [2.75, 3.05) is 0 Å². The van der Waals surface area contributed by atoms with Crippen LogP contribution >= 0.6 is 15.9 Å². The number of hydrogen-bond donors (Lipinski definition) is 1. The molecule has 0 fully saturated rings. The lowest BCUT2D eigenvalue weighted by molar-refractivity contribution is 0.167. The van der Waals surface area contributed by atoms with Crippen LogP contribution in [-0.2, 0) is 6.42 Å². The molecule has 100 valence electrons. The summed E-state index contributed by atoms with van der Waals surface area (Å²) in [7, 11) is 0. The molecule has 1 unspecified atom stereocenters. The highest BCUT2D eigenvalue weighted by Gasteiger charge is 2.21. The van der Waals surface area contributed by atoms with E-state index in [-0.39, 0.29) is 16.5 Å². The molecule has 0 saturated heterocycles. The summed E-state index contributed by atoms with van der Waals surface area (Å²) in [5.41, 5.74) is -0.258. The van der Waals surface area contributed by atoms with Crippen LogP contribution in [0.5, 0.6) is 0 Å². The molecule has 0 bridgehead atoms. The molecule has 1 nitrogen and oxygen atoms in total. The van der Waals surface area contributed by atoms with E-state index in [1.54, 1.807) is 6.07 Å². The van der Waals surface area contributed by atoms with Gasteiger partial charge in [0.1, 0.15) is 17.5 Å². The summed E-state index contributed by atoms with van der Waals surface area (Å²) in [6.07, 6.45) is -1.65. The van der Waals surface area contributed by atoms with Gasteiger partial charge in [-0.25, -0.2) is 13.2 Å². The summed E-state index contributed by atoms with van der Waals surface area (Å²) in [6, 6.07) is 8.06. The Morgan fingerprint density at radius 1 is 1.00 bits per heavy atom. The molecule has 0 aliphatic carbocycles. The fraction of sp³-hybridized carbons (Fsp3) is 0.143. The lowest BCUT2D eigenvalue weighted by atomic mass is 10.00. The van der Waals surface area contributed by atoms with E-state index in [0.29, 0.717) is 0 Å². The molecule has 0 amide bonds. The Morgan fingerprint density at radius 3 is 2.37 bits per heavy atom. The van der Waals surface area contributed by atoms with Gasteiger partial charge in [-0.1, -0.05) is 18.2 Å². The van der Waals surface area contributed by atoms with E-state index in [1.165, 1.54) is 24.3 Å². The number of hydrogen-bond acceptors (Lipinski definition) is 1. The van der Waals surface area contributed by atoms with Crippen molar-refractivity contribution in [3.8, 4) is 0 Å². The van der Waals surface area contributed by atoms with Gasteiger partial charge < -0.3 is 5.11 Å². The monoisotopic (exact) mass is 330 g/mol. The molecule has 2 aromatic rings. The fourth-order valence-corrected chi connectivity index (χ4v) is 2.17. The minimum atomic E-state index is -1.45. The maximum atomic E-state index is 13.8. The zero-order valence-corrected chi connectivity index (χ0v) is 11.3. The van der Waals surface area contributed by atoms with Crippen LogP contribution in [0.1, 0.15) is 17.2 Å². The van der Waals surface area contributed by atoms with Crippen LogP contribution < -0.4 is 0 Å². The lowest BCUT2D eigenvalue weighted by Gasteiger charge is -2.14. The standard InChI is InChI=1S/C14H10BrF3O/c15-9-5-6-11(17)13(14(9)18)12(19)7-8-3-1-2-4-10(8)16/h1-6,12,19H,7H2. The summed E-state index contributed by atoms with van der Waals surface area (Å²) >= 11 is 2.92. The van der Waals surface area contributed by atoms with E-state index < -0.39 is 29.1 Å². The minimum Gasteiger partial charge on any atom is -0.388 e. The van der Waals surface area contributed by atoms with Gasteiger partial charge in [0.2, 0.25) is 0 Å². The zero-order valence-electron chi connectivity index (χ0n) is 9.71. The van der Waals surface area contributed by atoms with Gasteiger partial charge in [0, 0.05) is 6.42 Å². The highest BCUT2D eigenvalue weighted by molar-refractivity contribution is 9.10. The molecule has 0 aliphatic heterocycles. The van der Waals surface area contributed by atoms with Crippen LogP contribution in [0, 0.1) is 17.5 Å². The van der Waals surface area contributed by atoms with Crippen LogP contribution in [-0.4, -0.2) is 5.11 Å². The number of rotatable bonds is 3. The fourth-order valence-electron chi connectivity index (χ4n) is 1.82. The molecular weight excluding hydrogens is 321 g/mol. The summed E-state index contributed by atoms with van der Waals surface area (Å²) in [5.74, 6) is -2.24. The Kier molecular flexibility index (Phi) is 4.27. The predicted molar refractivity (Wildman–Crippen MR) is 69.1 cm³/mol. The van der Waals surface area contributed by atoms with Crippen LogP contribution in [0.4, 0.5) is 13.2 Å². The van der Waals surface area contributed by atoms with E-state index in [2.05, 4.69) is 15.9 Å². The van der Waals surface area contributed by atoms with Gasteiger partial charge in [0.05, 0.1) is 16.1 Å². The van der Waals surface area contributed by atoms with E-state index >= 15 is 0 Å². The molecule has 2 aromatic carbocycles. The lowest BCUT2D eigenvalue weighted by Crippen LogP contribution is -2.08. The second kappa shape index (κ2) is 5.75. The van der Waals surface area contributed by atoms with Crippen molar-refractivity contribution in [2.45, 2.75) is 12.5 Å². The van der Waals surface area contributed by atoms with Crippen LogP contribution in [0.2, 0.25) is 0 Å². The van der Waals surface area contributed by atoms with Gasteiger partial charge in [0.15, 0.2) is 0 Å². The molecule has 1 N–H and O–H groups in total. The summed E-state index contributed by atoms with van der Waals surface area (Å²) < 4.78 is 40.8. The van der Waals surface area contributed by atoms with Gasteiger partial charge in [-0.15, -0.1) is 0 Å². The third-order valence-electron chi connectivity index (χ3n) is 2.78. The summed E-state index contributed by atoms with van der Waals surface area (Å²) in [4.78, 5) is 0. The molecule has 0 heterocycles. The molecule has 0 aliphatic rings. The number of benzene rings is 2. The van der Waals surface area contributed by atoms with Crippen LogP contribution in [0.3, 0.4) is 0 Å². The second-order valence-corrected chi connectivity index (χ2v) is 4.92. The van der Waals surface area contributed by atoms with Crippen molar-refractivity contribution < 1.29 is 18.3 Å². The Balaban J connectivity index is 2.33. The molecule has 2 rings (SSSR count). The van der Waals surface area contributed by atoms with Crippen LogP contribution in [0.15, 0.2) is 40.9 Å². The van der Waals surface area contributed by atoms with Gasteiger partial charge in [0.25, 0.3) is 0 Å². The number of halogens is 4.